The van der Waals surface area contributed by atoms with Gasteiger partial charge in [0.15, 0.2) is 5.78 Å². The van der Waals surface area contributed by atoms with Crippen LogP contribution in [-0.4, -0.2) is 5.78 Å². The third kappa shape index (κ3) is 2.56. The highest BCUT2D eigenvalue weighted by Gasteiger charge is 2.36. The van der Waals surface area contributed by atoms with Crippen molar-refractivity contribution in [2.24, 2.45) is 0 Å². The Kier molecular flexibility index (Phi) is 3.74. The third-order valence-corrected chi connectivity index (χ3v) is 4.46. The van der Waals surface area contributed by atoms with E-state index in [0.717, 1.165) is 12.0 Å². The van der Waals surface area contributed by atoms with Crippen LogP contribution in [0.4, 0.5) is 0 Å². The summed E-state index contributed by atoms with van der Waals surface area (Å²) in [5.74, 6) is 0.762. The van der Waals surface area contributed by atoms with Gasteiger partial charge < -0.3 is 0 Å². The predicted molar refractivity (Wildman–Crippen MR) is 86.4 cm³/mol. The Hall–Kier alpha value is -2.15. The number of rotatable bonds is 3. The molecule has 0 spiro atoms. The lowest BCUT2D eigenvalue weighted by Crippen LogP contribution is -2.12. The molecule has 106 valence electrons. The molecular weight excluding hydrogens is 256 g/mol. The lowest BCUT2D eigenvalue weighted by atomic mass is 9.80. The van der Waals surface area contributed by atoms with Gasteiger partial charge >= 0.3 is 0 Å². The first-order valence-corrected chi connectivity index (χ1v) is 7.49. The van der Waals surface area contributed by atoms with Crippen molar-refractivity contribution in [3.63, 3.8) is 0 Å². The minimum absolute atomic E-state index is 0.186. The summed E-state index contributed by atoms with van der Waals surface area (Å²) >= 11 is 0. The van der Waals surface area contributed by atoms with Crippen molar-refractivity contribution in [3.8, 4) is 0 Å². The summed E-state index contributed by atoms with van der Waals surface area (Å²) in [5, 5.41) is 0. The summed E-state index contributed by atoms with van der Waals surface area (Å²) in [5.41, 5.74) is 4.82. The maximum atomic E-state index is 12.2. The summed E-state index contributed by atoms with van der Waals surface area (Å²) in [7, 11) is 0. The quantitative estimate of drug-likeness (QED) is 0.782. The lowest BCUT2D eigenvalue weighted by molar-refractivity contribution is -0.113. The molecule has 0 heterocycles. The van der Waals surface area contributed by atoms with E-state index < -0.39 is 0 Å². The van der Waals surface area contributed by atoms with Crippen LogP contribution in [0.3, 0.4) is 0 Å². The van der Waals surface area contributed by atoms with E-state index in [2.05, 4.69) is 55.5 Å². The summed E-state index contributed by atoms with van der Waals surface area (Å²) in [6, 6.07) is 21.0. The van der Waals surface area contributed by atoms with E-state index in [4.69, 9.17) is 0 Å². The number of hydrogen-bond acceptors (Lipinski definition) is 1. The van der Waals surface area contributed by atoms with Gasteiger partial charge in [0.25, 0.3) is 0 Å². The first kappa shape index (κ1) is 13.8. The maximum Gasteiger partial charge on any atom is 0.156 e. The molecule has 0 fully saturated rings. The van der Waals surface area contributed by atoms with Crippen molar-refractivity contribution < 1.29 is 4.79 Å². The smallest absolute Gasteiger partial charge is 0.156 e. The lowest BCUT2D eigenvalue weighted by Gasteiger charge is -2.23. The van der Waals surface area contributed by atoms with Crippen molar-refractivity contribution in [3.05, 3.63) is 82.9 Å². The fourth-order valence-corrected chi connectivity index (χ4v) is 3.61. The van der Waals surface area contributed by atoms with Gasteiger partial charge in [-0.15, -0.1) is 0 Å². The molecule has 0 radical (unpaired) electrons. The normalized spacial score (nSPS) is 21.6. The summed E-state index contributed by atoms with van der Waals surface area (Å²) in [6.45, 7) is 3.80. The highest BCUT2D eigenvalue weighted by molar-refractivity contribution is 5.96. The largest absolute Gasteiger partial charge is 0.295 e. The van der Waals surface area contributed by atoms with E-state index in [1.54, 1.807) is 6.92 Å². The minimum Gasteiger partial charge on any atom is -0.295 e. The zero-order chi connectivity index (χ0) is 14.8. The molecular formula is C20H20O. The van der Waals surface area contributed by atoms with Gasteiger partial charge in [0.1, 0.15) is 0 Å². The highest BCUT2D eigenvalue weighted by atomic mass is 16.1. The molecule has 0 aromatic heterocycles. The maximum absolute atomic E-state index is 12.2. The number of allylic oxidation sites excluding steroid dienone is 2. The molecule has 0 aliphatic heterocycles. The van der Waals surface area contributed by atoms with Gasteiger partial charge in [0.05, 0.1) is 0 Å². The van der Waals surface area contributed by atoms with Gasteiger partial charge in [-0.1, -0.05) is 66.2 Å². The van der Waals surface area contributed by atoms with E-state index in [1.165, 1.54) is 16.7 Å². The van der Waals surface area contributed by atoms with Crippen LogP contribution < -0.4 is 0 Å². The second kappa shape index (κ2) is 5.69. The van der Waals surface area contributed by atoms with Crippen LogP contribution in [-0.2, 0) is 4.79 Å². The number of hydrogen-bond donors (Lipinski definition) is 0. The van der Waals surface area contributed by atoms with Crippen LogP contribution in [0.2, 0.25) is 0 Å². The number of carbonyl (C=O) groups is 1. The van der Waals surface area contributed by atoms with Crippen molar-refractivity contribution in [2.45, 2.75) is 32.1 Å². The molecule has 0 unspecified atom stereocenters. The van der Waals surface area contributed by atoms with Gasteiger partial charge in [-0.2, -0.15) is 0 Å². The summed E-state index contributed by atoms with van der Waals surface area (Å²) in [4.78, 5) is 12.2. The van der Waals surface area contributed by atoms with Gasteiger partial charge in [-0.05, 0) is 37.3 Å². The molecule has 2 aromatic carbocycles. The number of ketones is 1. The molecule has 3 rings (SSSR count). The van der Waals surface area contributed by atoms with E-state index in [0.29, 0.717) is 5.92 Å². The standard InChI is InChI=1S/C20H20O/c1-14-13-18(16-9-5-3-6-10-16)20(19(14)15(2)21)17-11-7-4-8-12-17/h3-12,18,20H,13H2,1-2H3/t18-,20-/m0/s1. The van der Waals surface area contributed by atoms with Crippen LogP contribution in [0.5, 0.6) is 0 Å². The molecule has 0 saturated carbocycles. The van der Waals surface area contributed by atoms with Gasteiger partial charge in [-0.25, -0.2) is 0 Å². The Morgan fingerprint density at radius 1 is 0.905 bits per heavy atom. The Balaban J connectivity index is 2.09. The van der Waals surface area contributed by atoms with E-state index in [9.17, 15) is 4.79 Å². The van der Waals surface area contributed by atoms with E-state index >= 15 is 0 Å². The zero-order valence-corrected chi connectivity index (χ0v) is 12.5. The Morgan fingerprint density at radius 2 is 1.43 bits per heavy atom. The second-order valence-corrected chi connectivity index (χ2v) is 5.86. The minimum atomic E-state index is 0.186. The fraction of sp³-hybridized carbons (Fsp3) is 0.250. The second-order valence-electron chi connectivity index (χ2n) is 5.86. The molecule has 0 bridgehead atoms. The molecule has 0 amide bonds. The highest BCUT2D eigenvalue weighted by Crippen LogP contribution is 2.49. The summed E-state index contributed by atoms with van der Waals surface area (Å²) in [6.07, 6.45) is 0.971. The molecule has 1 aliphatic carbocycles. The molecule has 0 saturated heterocycles. The fourth-order valence-electron chi connectivity index (χ4n) is 3.61. The Labute approximate surface area is 126 Å². The molecule has 1 nitrogen and oxygen atoms in total. The van der Waals surface area contributed by atoms with E-state index in [1.807, 2.05) is 12.1 Å². The molecule has 2 aromatic rings. The molecule has 1 heteroatoms. The van der Waals surface area contributed by atoms with Crippen LogP contribution in [0.15, 0.2) is 71.8 Å². The van der Waals surface area contributed by atoms with Crippen molar-refractivity contribution in [1.82, 2.24) is 0 Å². The first-order chi connectivity index (χ1) is 10.2. The first-order valence-electron chi connectivity index (χ1n) is 7.49. The van der Waals surface area contributed by atoms with Gasteiger partial charge in [0.2, 0.25) is 0 Å². The van der Waals surface area contributed by atoms with Gasteiger partial charge in [0, 0.05) is 11.5 Å². The van der Waals surface area contributed by atoms with Crippen LogP contribution in [0, 0.1) is 0 Å². The zero-order valence-electron chi connectivity index (χ0n) is 12.5. The van der Waals surface area contributed by atoms with Crippen LogP contribution in [0.25, 0.3) is 0 Å². The molecule has 2 atom stereocenters. The van der Waals surface area contributed by atoms with Crippen LogP contribution >= 0.6 is 0 Å². The van der Waals surface area contributed by atoms with Crippen molar-refractivity contribution in [2.75, 3.05) is 0 Å². The Morgan fingerprint density at radius 3 is 1.95 bits per heavy atom. The molecule has 21 heavy (non-hydrogen) atoms. The van der Waals surface area contributed by atoms with Crippen LogP contribution in [0.1, 0.15) is 43.2 Å². The SMILES string of the molecule is CC(=O)C1=C(C)C[C@@H](c2ccccc2)[C@@H]1c1ccccc1. The molecule has 0 N–H and O–H groups in total. The average molecular weight is 276 g/mol. The number of carbonyl (C=O) groups excluding carboxylic acids is 1. The van der Waals surface area contributed by atoms with Crippen molar-refractivity contribution >= 4 is 5.78 Å². The number of benzene rings is 2. The van der Waals surface area contributed by atoms with Gasteiger partial charge in [-0.3, -0.25) is 4.79 Å². The Bertz CT molecular complexity index is 667. The number of Topliss-reactive ketones (excluding diaryl/α,β-unsaturated/α-hetero) is 1. The molecule has 1 aliphatic rings. The monoisotopic (exact) mass is 276 g/mol. The summed E-state index contributed by atoms with van der Waals surface area (Å²) < 4.78 is 0. The van der Waals surface area contributed by atoms with Crippen molar-refractivity contribution in [1.29, 1.82) is 0 Å². The average Bonchev–Trinajstić information content (AvgIpc) is 2.86. The van der Waals surface area contributed by atoms with E-state index in [-0.39, 0.29) is 11.7 Å². The third-order valence-electron chi connectivity index (χ3n) is 4.46. The topological polar surface area (TPSA) is 17.1 Å². The predicted octanol–water partition coefficient (Wildman–Crippen LogP) is 4.86.